The van der Waals surface area contributed by atoms with Gasteiger partial charge in [-0.25, -0.2) is 0 Å². The van der Waals surface area contributed by atoms with E-state index in [1.807, 2.05) is 6.07 Å². The van der Waals surface area contributed by atoms with Gasteiger partial charge in [-0.05, 0) is 42.6 Å². The first-order chi connectivity index (χ1) is 10.3. The predicted molar refractivity (Wildman–Crippen MR) is 86.9 cm³/mol. The number of rotatable bonds is 4. The molecule has 1 aliphatic rings. The van der Waals surface area contributed by atoms with E-state index in [1.54, 1.807) is 0 Å². The Morgan fingerprint density at radius 1 is 1.14 bits per heavy atom. The van der Waals surface area contributed by atoms with Gasteiger partial charge in [-0.15, -0.1) is 0 Å². The third kappa shape index (κ3) is 2.81. The van der Waals surface area contributed by atoms with Gasteiger partial charge in [-0.2, -0.15) is 0 Å². The summed E-state index contributed by atoms with van der Waals surface area (Å²) in [5.74, 6) is 1.51. The van der Waals surface area contributed by atoms with Gasteiger partial charge < -0.3 is 10.1 Å². The van der Waals surface area contributed by atoms with E-state index in [0.717, 1.165) is 25.2 Å². The second kappa shape index (κ2) is 6.31. The second-order valence-electron chi connectivity index (χ2n) is 5.64. The molecule has 0 fully saturated rings. The number of nitrogens with one attached hydrogen (secondary N) is 1. The summed E-state index contributed by atoms with van der Waals surface area (Å²) >= 11 is 0. The highest BCUT2D eigenvalue weighted by Gasteiger charge is 2.28. The zero-order chi connectivity index (χ0) is 14.7. The maximum atomic E-state index is 5.79. The Kier molecular flexibility index (Phi) is 4.26. The predicted octanol–water partition coefficient (Wildman–Crippen LogP) is 4.08. The Bertz CT molecular complexity index is 591. The van der Waals surface area contributed by atoms with E-state index in [0.29, 0.717) is 12.0 Å². The molecule has 110 valence electrons. The minimum atomic E-state index is 0.334. The second-order valence-corrected chi connectivity index (χ2v) is 5.64. The van der Waals surface area contributed by atoms with Crippen LogP contribution in [-0.2, 0) is 6.42 Å². The lowest BCUT2D eigenvalue weighted by Gasteiger charge is -2.32. The first-order valence-corrected chi connectivity index (χ1v) is 7.81. The van der Waals surface area contributed by atoms with Crippen LogP contribution < -0.4 is 10.1 Å². The monoisotopic (exact) mass is 281 g/mol. The van der Waals surface area contributed by atoms with Crippen LogP contribution in [0.2, 0.25) is 0 Å². The van der Waals surface area contributed by atoms with E-state index in [1.165, 1.54) is 16.7 Å². The highest BCUT2D eigenvalue weighted by molar-refractivity contribution is 5.40. The molecule has 1 N–H and O–H groups in total. The Labute approximate surface area is 127 Å². The van der Waals surface area contributed by atoms with Gasteiger partial charge in [0, 0.05) is 12.0 Å². The molecule has 0 saturated heterocycles. The molecule has 2 heteroatoms. The Morgan fingerprint density at radius 2 is 1.90 bits per heavy atom. The number of para-hydroxylation sites is 1. The zero-order valence-electron chi connectivity index (χ0n) is 12.8. The quantitative estimate of drug-likeness (QED) is 0.912. The first-order valence-electron chi connectivity index (χ1n) is 7.81. The van der Waals surface area contributed by atoms with Gasteiger partial charge in [0.1, 0.15) is 5.75 Å². The number of fused-ring (bicyclic) bond motifs is 1. The molecule has 0 aromatic heterocycles. The summed E-state index contributed by atoms with van der Waals surface area (Å²) in [6.07, 6.45) is 2.14. The SMILES string of the molecule is CCc1ccc(C(NC)C2CCOc3ccccc32)cc1. The Balaban J connectivity index is 1.93. The molecule has 0 aliphatic carbocycles. The molecule has 0 radical (unpaired) electrons. The number of likely N-dealkylation sites (N-methyl/N-ethyl adjacent to an activating group) is 1. The van der Waals surface area contributed by atoms with Crippen molar-refractivity contribution in [1.82, 2.24) is 5.32 Å². The van der Waals surface area contributed by atoms with Crippen LogP contribution in [0.15, 0.2) is 48.5 Å². The average molecular weight is 281 g/mol. The lowest BCUT2D eigenvalue weighted by molar-refractivity contribution is 0.248. The number of hydrogen-bond donors (Lipinski definition) is 1. The average Bonchev–Trinajstić information content (AvgIpc) is 2.56. The fraction of sp³-hybridized carbons (Fsp3) is 0.368. The van der Waals surface area contributed by atoms with Crippen molar-refractivity contribution in [3.8, 4) is 5.75 Å². The highest BCUT2D eigenvalue weighted by atomic mass is 16.5. The van der Waals surface area contributed by atoms with Crippen LogP contribution >= 0.6 is 0 Å². The molecule has 0 amide bonds. The summed E-state index contributed by atoms with van der Waals surface area (Å²) in [6.45, 7) is 2.99. The van der Waals surface area contributed by atoms with Crippen LogP contribution in [0.25, 0.3) is 0 Å². The molecule has 3 rings (SSSR count). The minimum absolute atomic E-state index is 0.334. The van der Waals surface area contributed by atoms with Crippen LogP contribution in [0, 0.1) is 0 Å². The third-order valence-electron chi connectivity index (χ3n) is 4.47. The molecule has 0 bridgehead atoms. The van der Waals surface area contributed by atoms with Crippen molar-refractivity contribution in [2.45, 2.75) is 31.7 Å². The molecule has 2 unspecified atom stereocenters. The number of ether oxygens (including phenoxy) is 1. The molecule has 2 nitrogen and oxygen atoms in total. The zero-order valence-corrected chi connectivity index (χ0v) is 12.8. The van der Waals surface area contributed by atoms with Gasteiger partial charge in [-0.1, -0.05) is 49.4 Å². The number of aryl methyl sites for hydroxylation is 1. The van der Waals surface area contributed by atoms with Crippen LogP contribution in [-0.4, -0.2) is 13.7 Å². The molecular formula is C19H23NO. The third-order valence-corrected chi connectivity index (χ3v) is 4.47. The van der Waals surface area contributed by atoms with Crippen molar-refractivity contribution in [3.05, 3.63) is 65.2 Å². The molecule has 2 aromatic carbocycles. The molecular weight excluding hydrogens is 258 g/mol. The normalized spacial score (nSPS) is 18.7. The van der Waals surface area contributed by atoms with Gasteiger partial charge in [-0.3, -0.25) is 0 Å². The molecule has 1 heterocycles. The van der Waals surface area contributed by atoms with E-state index in [-0.39, 0.29) is 0 Å². The van der Waals surface area contributed by atoms with Crippen LogP contribution in [0.5, 0.6) is 5.75 Å². The first kappa shape index (κ1) is 14.2. The minimum Gasteiger partial charge on any atom is -0.493 e. The summed E-state index contributed by atoms with van der Waals surface area (Å²) in [5.41, 5.74) is 4.07. The van der Waals surface area contributed by atoms with Crippen molar-refractivity contribution in [2.24, 2.45) is 0 Å². The van der Waals surface area contributed by atoms with Gasteiger partial charge in [0.05, 0.1) is 6.61 Å². The van der Waals surface area contributed by atoms with E-state index in [4.69, 9.17) is 4.74 Å². The van der Waals surface area contributed by atoms with Crippen LogP contribution in [0.3, 0.4) is 0 Å². The van der Waals surface area contributed by atoms with Crippen molar-refractivity contribution < 1.29 is 4.74 Å². The van der Waals surface area contributed by atoms with E-state index in [9.17, 15) is 0 Å². The van der Waals surface area contributed by atoms with E-state index < -0.39 is 0 Å². The standard InChI is InChI=1S/C19H23NO/c1-3-14-8-10-15(11-9-14)19(20-2)17-12-13-21-18-7-5-4-6-16(17)18/h4-11,17,19-20H,3,12-13H2,1-2H3. The molecule has 21 heavy (non-hydrogen) atoms. The maximum Gasteiger partial charge on any atom is 0.122 e. The summed E-state index contributed by atoms with van der Waals surface area (Å²) in [6, 6.07) is 17.8. The van der Waals surface area contributed by atoms with Gasteiger partial charge in [0.15, 0.2) is 0 Å². The topological polar surface area (TPSA) is 21.3 Å². The van der Waals surface area contributed by atoms with Gasteiger partial charge in [0.2, 0.25) is 0 Å². The molecule has 1 aliphatic heterocycles. The number of hydrogen-bond acceptors (Lipinski definition) is 2. The summed E-state index contributed by atoms with van der Waals surface area (Å²) < 4.78 is 5.79. The van der Waals surface area contributed by atoms with Crippen LogP contribution in [0.1, 0.15) is 42.0 Å². The Morgan fingerprint density at radius 3 is 2.62 bits per heavy atom. The summed E-state index contributed by atoms with van der Waals surface area (Å²) in [5, 5.41) is 3.51. The van der Waals surface area contributed by atoms with Crippen molar-refractivity contribution in [1.29, 1.82) is 0 Å². The molecule has 0 saturated carbocycles. The van der Waals surface area contributed by atoms with E-state index in [2.05, 4.69) is 61.8 Å². The van der Waals surface area contributed by atoms with E-state index >= 15 is 0 Å². The lowest BCUT2D eigenvalue weighted by Crippen LogP contribution is -2.28. The molecule has 2 aromatic rings. The smallest absolute Gasteiger partial charge is 0.122 e. The fourth-order valence-electron chi connectivity index (χ4n) is 3.28. The number of benzene rings is 2. The summed E-state index contributed by atoms with van der Waals surface area (Å²) in [7, 11) is 2.05. The lowest BCUT2D eigenvalue weighted by atomic mass is 9.83. The summed E-state index contributed by atoms with van der Waals surface area (Å²) in [4.78, 5) is 0. The van der Waals surface area contributed by atoms with Crippen molar-refractivity contribution in [3.63, 3.8) is 0 Å². The highest BCUT2D eigenvalue weighted by Crippen LogP contribution is 2.41. The van der Waals surface area contributed by atoms with Crippen LogP contribution in [0.4, 0.5) is 0 Å². The Hall–Kier alpha value is -1.80. The molecule has 0 spiro atoms. The van der Waals surface area contributed by atoms with Gasteiger partial charge in [0.25, 0.3) is 0 Å². The largest absolute Gasteiger partial charge is 0.493 e. The van der Waals surface area contributed by atoms with Gasteiger partial charge >= 0.3 is 0 Å². The molecule has 2 atom stereocenters. The van der Waals surface area contributed by atoms with Crippen molar-refractivity contribution >= 4 is 0 Å². The van der Waals surface area contributed by atoms with Crippen molar-refractivity contribution in [2.75, 3.05) is 13.7 Å². The fourth-order valence-corrected chi connectivity index (χ4v) is 3.28. The maximum absolute atomic E-state index is 5.79.